The number of hydrogen-bond acceptors (Lipinski definition) is 7. The average Bonchev–Trinajstić information content (AvgIpc) is 2.87. The van der Waals surface area contributed by atoms with E-state index >= 15 is 0 Å². The van der Waals surface area contributed by atoms with Crippen molar-refractivity contribution in [1.29, 1.82) is 0 Å². The second-order valence-corrected chi connectivity index (χ2v) is 10.3. The number of aliphatic hydroxyl groups excluding tert-OH is 3. The molecule has 1 aliphatic heterocycles. The van der Waals surface area contributed by atoms with E-state index in [4.69, 9.17) is 14.6 Å². The topological polar surface area (TPSA) is 137 Å². The molecule has 1 heterocycles. The van der Waals surface area contributed by atoms with E-state index in [9.17, 15) is 25.2 Å². The van der Waals surface area contributed by atoms with Crippen molar-refractivity contribution in [2.75, 3.05) is 6.61 Å². The summed E-state index contributed by atoms with van der Waals surface area (Å²) in [4.78, 5) is 10.7. The molecule has 5 N–H and O–H groups in total. The molecule has 1 saturated heterocycles. The van der Waals surface area contributed by atoms with Crippen LogP contribution in [-0.2, 0) is 16.0 Å². The van der Waals surface area contributed by atoms with Gasteiger partial charge in [0.15, 0.2) is 0 Å². The minimum atomic E-state index is -1.40. The van der Waals surface area contributed by atoms with Gasteiger partial charge in [0, 0.05) is 12.0 Å². The highest BCUT2D eigenvalue weighted by Gasteiger charge is 2.39. The quantitative estimate of drug-likeness (QED) is 0.232. The minimum absolute atomic E-state index is 0.148. The zero-order valence-electron chi connectivity index (χ0n) is 23.2. The van der Waals surface area contributed by atoms with Crippen LogP contribution in [0.1, 0.15) is 76.0 Å². The van der Waals surface area contributed by atoms with Crippen molar-refractivity contribution in [2.24, 2.45) is 0 Å². The maximum absolute atomic E-state index is 10.7. The summed E-state index contributed by atoms with van der Waals surface area (Å²) in [5, 5.41) is 49.3. The first-order chi connectivity index (χ1) is 17.9. The Morgan fingerprint density at radius 3 is 2.11 bits per heavy atom. The Morgan fingerprint density at radius 1 is 0.921 bits per heavy atom. The second kappa shape index (κ2) is 15.1. The number of ether oxygens (including phenoxy) is 2. The number of carbonyl (C=O) groups is 1. The van der Waals surface area contributed by atoms with Crippen molar-refractivity contribution in [3.63, 3.8) is 0 Å². The third-order valence-electron chi connectivity index (χ3n) is 7.06. The van der Waals surface area contributed by atoms with Gasteiger partial charge < -0.3 is 35.0 Å². The number of aliphatic carboxylic acids is 1. The standard InChI is InChI=1S/C30H44O8/c1-18(9-7-11-20(3)13-15-26(32)33)8-6-10-19(2)12-14-23-16-25(21(4)22(5)27(23)34)38-30-29(36)28(35)24(31)17-37-30/h8,11-12,16,24,28-31,34-36H,6-7,9-10,13-15,17H2,1-5H3,(H,32,33)/t24-,28+,29-,30+/m0/s1. The Labute approximate surface area is 225 Å². The highest BCUT2D eigenvalue weighted by atomic mass is 16.7. The third kappa shape index (κ3) is 9.58. The molecule has 2 rings (SSSR count). The van der Waals surface area contributed by atoms with Gasteiger partial charge in [0.05, 0.1) is 6.61 Å². The summed E-state index contributed by atoms with van der Waals surface area (Å²) >= 11 is 0. The van der Waals surface area contributed by atoms with Crippen LogP contribution in [0.5, 0.6) is 11.5 Å². The van der Waals surface area contributed by atoms with Gasteiger partial charge in [-0.25, -0.2) is 0 Å². The number of aliphatic hydroxyl groups is 3. The maximum atomic E-state index is 10.7. The van der Waals surface area contributed by atoms with Crippen LogP contribution in [0, 0.1) is 13.8 Å². The van der Waals surface area contributed by atoms with Crippen molar-refractivity contribution in [1.82, 2.24) is 0 Å². The molecular weight excluding hydrogens is 488 g/mol. The van der Waals surface area contributed by atoms with Gasteiger partial charge >= 0.3 is 5.97 Å². The fourth-order valence-corrected chi connectivity index (χ4v) is 4.21. The lowest BCUT2D eigenvalue weighted by Crippen LogP contribution is -2.54. The smallest absolute Gasteiger partial charge is 0.303 e. The molecule has 1 fully saturated rings. The Hall–Kier alpha value is -2.65. The molecular formula is C30H44O8. The molecule has 0 aromatic heterocycles. The monoisotopic (exact) mass is 532 g/mol. The largest absolute Gasteiger partial charge is 0.507 e. The molecule has 0 radical (unpaired) electrons. The molecule has 0 spiro atoms. The fourth-order valence-electron chi connectivity index (χ4n) is 4.21. The van der Waals surface area contributed by atoms with E-state index in [0.717, 1.165) is 31.3 Å². The zero-order chi connectivity index (χ0) is 28.4. The third-order valence-corrected chi connectivity index (χ3v) is 7.06. The number of aromatic hydroxyl groups is 1. The van der Waals surface area contributed by atoms with Crippen molar-refractivity contribution >= 4 is 5.97 Å². The van der Waals surface area contributed by atoms with Gasteiger partial charge in [-0.05, 0) is 90.3 Å². The van der Waals surface area contributed by atoms with Crippen LogP contribution in [0.25, 0.3) is 0 Å². The van der Waals surface area contributed by atoms with Crippen molar-refractivity contribution in [2.45, 2.75) is 104 Å². The molecule has 38 heavy (non-hydrogen) atoms. The van der Waals surface area contributed by atoms with E-state index in [1.54, 1.807) is 19.9 Å². The number of carboxylic acids is 1. The number of allylic oxidation sites excluding steroid dienone is 6. The Bertz CT molecular complexity index is 1040. The molecule has 1 aliphatic rings. The van der Waals surface area contributed by atoms with Crippen LogP contribution < -0.4 is 4.74 Å². The lowest BCUT2D eigenvalue weighted by molar-refractivity contribution is -0.242. The van der Waals surface area contributed by atoms with Crippen LogP contribution in [0.2, 0.25) is 0 Å². The molecule has 1 aromatic rings. The summed E-state index contributed by atoms with van der Waals surface area (Å²) in [6.07, 6.45) is 6.30. The van der Waals surface area contributed by atoms with Gasteiger partial charge in [0.2, 0.25) is 6.29 Å². The molecule has 4 atom stereocenters. The number of carboxylic acid groups (broad SMARTS) is 1. The van der Waals surface area contributed by atoms with Crippen LogP contribution >= 0.6 is 0 Å². The van der Waals surface area contributed by atoms with Crippen LogP contribution in [-0.4, -0.2) is 62.7 Å². The summed E-state index contributed by atoms with van der Waals surface area (Å²) in [6, 6.07) is 1.73. The van der Waals surface area contributed by atoms with E-state index < -0.39 is 30.6 Å². The predicted octanol–water partition coefficient (Wildman–Crippen LogP) is 4.63. The van der Waals surface area contributed by atoms with Crippen LogP contribution in [0.15, 0.2) is 41.0 Å². The van der Waals surface area contributed by atoms with Gasteiger partial charge in [0.1, 0.15) is 29.8 Å². The van der Waals surface area contributed by atoms with E-state index in [1.807, 2.05) is 6.92 Å². The summed E-state index contributed by atoms with van der Waals surface area (Å²) in [5.41, 5.74) is 5.67. The first kappa shape index (κ1) is 31.6. The lowest BCUT2D eigenvalue weighted by atomic mass is 9.99. The molecule has 0 saturated carbocycles. The Balaban J connectivity index is 1.94. The van der Waals surface area contributed by atoms with Crippen molar-refractivity contribution in [3.8, 4) is 11.5 Å². The van der Waals surface area contributed by atoms with Gasteiger partial charge in [0.25, 0.3) is 0 Å². The SMILES string of the molecule is CC(=CCCC(C)=CCc1cc(O[C@H]2OC[C@H](O)[C@@H](O)[C@@H]2O)c(C)c(C)c1O)CCC=C(C)CCC(=O)O. The molecule has 0 aliphatic carbocycles. The number of phenols is 1. The molecule has 8 nitrogen and oxygen atoms in total. The Kier molecular flexibility index (Phi) is 12.5. The zero-order valence-corrected chi connectivity index (χ0v) is 23.2. The highest BCUT2D eigenvalue weighted by molar-refractivity contribution is 5.67. The van der Waals surface area contributed by atoms with Gasteiger partial charge in [-0.1, -0.05) is 34.9 Å². The molecule has 0 amide bonds. The number of hydrogen-bond donors (Lipinski definition) is 5. The first-order valence-electron chi connectivity index (χ1n) is 13.2. The molecule has 212 valence electrons. The average molecular weight is 533 g/mol. The Morgan fingerprint density at radius 2 is 1.50 bits per heavy atom. The van der Waals surface area contributed by atoms with Crippen molar-refractivity contribution < 1.29 is 39.8 Å². The summed E-state index contributed by atoms with van der Waals surface area (Å²) in [5.74, 6) is -0.128. The van der Waals surface area contributed by atoms with E-state index in [-0.39, 0.29) is 18.8 Å². The highest BCUT2D eigenvalue weighted by Crippen LogP contribution is 2.35. The van der Waals surface area contributed by atoms with E-state index in [0.29, 0.717) is 35.3 Å². The van der Waals surface area contributed by atoms with E-state index in [2.05, 4.69) is 32.1 Å². The first-order valence-corrected chi connectivity index (χ1v) is 13.2. The fraction of sp³-hybridized carbons (Fsp3) is 0.567. The second-order valence-electron chi connectivity index (χ2n) is 10.3. The van der Waals surface area contributed by atoms with Gasteiger partial charge in [-0.15, -0.1) is 0 Å². The maximum Gasteiger partial charge on any atom is 0.303 e. The van der Waals surface area contributed by atoms with E-state index in [1.165, 1.54) is 11.1 Å². The molecule has 0 bridgehead atoms. The normalized spacial score (nSPS) is 23.0. The van der Waals surface area contributed by atoms with Crippen LogP contribution in [0.3, 0.4) is 0 Å². The van der Waals surface area contributed by atoms with Gasteiger partial charge in [-0.2, -0.15) is 0 Å². The molecule has 8 heteroatoms. The molecule has 1 aromatic carbocycles. The summed E-state index contributed by atoms with van der Waals surface area (Å²) < 4.78 is 11.2. The van der Waals surface area contributed by atoms with Gasteiger partial charge in [-0.3, -0.25) is 4.79 Å². The van der Waals surface area contributed by atoms with Crippen molar-refractivity contribution in [3.05, 3.63) is 57.7 Å². The summed E-state index contributed by atoms with van der Waals surface area (Å²) in [7, 11) is 0. The lowest BCUT2D eigenvalue weighted by Gasteiger charge is -2.35. The number of phenolic OH excluding ortho intramolecular Hbond substituents is 1. The molecule has 0 unspecified atom stereocenters. The number of rotatable bonds is 13. The predicted molar refractivity (Wildman–Crippen MR) is 146 cm³/mol. The summed E-state index contributed by atoms with van der Waals surface area (Å²) in [6.45, 7) is 9.60. The number of benzene rings is 1. The minimum Gasteiger partial charge on any atom is -0.507 e. The van der Waals surface area contributed by atoms with Crippen LogP contribution in [0.4, 0.5) is 0 Å².